The molecule has 5 heteroatoms. The highest BCUT2D eigenvalue weighted by Crippen LogP contribution is 2.29. The number of imide groups is 1. The van der Waals surface area contributed by atoms with Crippen LogP contribution in [0.15, 0.2) is 84.9 Å². The van der Waals surface area contributed by atoms with Gasteiger partial charge in [-0.1, -0.05) is 84.9 Å². The second-order valence-electron chi connectivity index (χ2n) is 6.68. The maximum absolute atomic E-state index is 12.7. The third kappa shape index (κ3) is 4.76. The van der Waals surface area contributed by atoms with Crippen LogP contribution in [0.3, 0.4) is 0 Å². The normalized spacial score (nSPS) is 16.6. The second-order valence-corrected chi connectivity index (χ2v) is 7.74. The van der Waals surface area contributed by atoms with Gasteiger partial charge in [-0.2, -0.15) is 0 Å². The summed E-state index contributed by atoms with van der Waals surface area (Å²) in [4.78, 5) is 26.2. The largest absolute Gasteiger partial charge is 0.365 e. The summed E-state index contributed by atoms with van der Waals surface area (Å²) in [6.07, 6.45) is 4.10. The summed E-state index contributed by atoms with van der Waals surface area (Å²) in [5.41, 5.74) is 3.94. The van der Waals surface area contributed by atoms with Gasteiger partial charge in [0, 0.05) is 5.69 Å². The number of nitrogens with zero attached hydrogens (tertiary/aromatic N) is 1. The van der Waals surface area contributed by atoms with Gasteiger partial charge < -0.3 is 5.32 Å². The van der Waals surface area contributed by atoms with E-state index in [0.29, 0.717) is 6.54 Å². The molecule has 0 radical (unpaired) electrons. The van der Waals surface area contributed by atoms with Gasteiger partial charge in [-0.3, -0.25) is 14.5 Å². The number of anilines is 1. The van der Waals surface area contributed by atoms with Crippen LogP contribution in [0.1, 0.15) is 16.7 Å². The highest BCUT2D eigenvalue weighted by atomic mass is 32.2. The van der Waals surface area contributed by atoms with Gasteiger partial charge in [0.2, 0.25) is 0 Å². The van der Waals surface area contributed by atoms with E-state index in [1.54, 1.807) is 0 Å². The van der Waals surface area contributed by atoms with Crippen molar-refractivity contribution in [2.75, 3.05) is 5.32 Å². The van der Waals surface area contributed by atoms with E-state index < -0.39 is 5.37 Å². The molecule has 0 saturated carbocycles. The lowest BCUT2D eigenvalue weighted by molar-refractivity contribution is -0.126. The molecule has 0 spiro atoms. The molecule has 29 heavy (non-hydrogen) atoms. The first-order chi connectivity index (χ1) is 14.2. The quantitative estimate of drug-likeness (QED) is 0.556. The molecule has 0 aliphatic carbocycles. The van der Waals surface area contributed by atoms with Crippen molar-refractivity contribution < 1.29 is 9.59 Å². The number of carbonyl (C=O) groups is 2. The van der Waals surface area contributed by atoms with Crippen molar-refractivity contribution >= 4 is 40.7 Å². The standard InChI is InChI=1S/C24H20N2O2S/c27-23-22(29-24(28)26(23)17-20-9-5-2-6-10-20)25-21-15-13-19(14-16-21)12-11-18-7-3-1-4-8-18/h1-16,22,25H,17H2. The second kappa shape index (κ2) is 8.80. The zero-order valence-corrected chi connectivity index (χ0v) is 16.5. The third-order valence-corrected chi connectivity index (χ3v) is 5.57. The lowest BCUT2D eigenvalue weighted by Gasteiger charge is -2.15. The van der Waals surface area contributed by atoms with Gasteiger partial charge in [0.05, 0.1) is 6.54 Å². The molecule has 1 heterocycles. The van der Waals surface area contributed by atoms with E-state index in [9.17, 15) is 9.59 Å². The Morgan fingerprint density at radius 1 is 0.793 bits per heavy atom. The van der Waals surface area contributed by atoms with E-state index >= 15 is 0 Å². The molecule has 3 aromatic rings. The van der Waals surface area contributed by atoms with Crippen LogP contribution in [0, 0.1) is 0 Å². The van der Waals surface area contributed by atoms with Crippen LogP contribution >= 0.6 is 11.8 Å². The predicted molar refractivity (Wildman–Crippen MR) is 119 cm³/mol. The number of thioether (sulfide) groups is 1. The molecule has 0 aromatic heterocycles. The first kappa shape index (κ1) is 19.0. The Hall–Kier alpha value is -3.31. The Labute approximate surface area is 174 Å². The lowest BCUT2D eigenvalue weighted by atomic mass is 10.1. The molecule has 1 atom stereocenters. The minimum atomic E-state index is -0.600. The lowest BCUT2D eigenvalue weighted by Crippen LogP contribution is -2.33. The van der Waals surface area contributed by atoms with Crippen molar-refractivity contribution in [3.8, 4) is 0 Å². The Bertz CT molecular complexity index is 1020. The van der Waals surface area contributed by atoms with E-state index in [1.807, 2.05) is 91.0 Å². The van der Waals surface area contributed by atoms with Crippen molar-refractivity contribution in [3.05, 3.63) is 102 Å². The van der Waals surface area contributed by atoms with Crippen LogP contribution in [-0.2, 0) is 11.3 Å². The summed E-state index contributed by atoms with van der Waals surface area (Å²) in [5, 5.41) is 2.34. The summed E-state index contributed by atoms with van der Waals surface area (Å²) in [5.74, 6) is -0.211. The molecule has 1 saturated heterocycles. The minimum absolute atomic E-state index is 0.211. The van der Waals surface area contributed by atoms with Gasteiger partial charge in [0.1, 0.15) is 0 Å². The number of nitrogens with one attached hydrogen (secondary N) is 1. The molecule has 144 valence electrons. The fraction of sp³-hybridized carbons (Fsp3) is 0.0833. The zero-order chi connectivity index (χ0) is 20.1. The van der Waals surface area contributed by atoms with Crippen molar-refractivity contribution in [1.82, 2.24) is 4.90 Å². The number of amides is 2. The van der Waals surface area contributed by atoms with Gasteiger partial charge >= 0.3 is 0 Å². The molecule has 0 bridgehead atoms. The Morgan fingerprint density at radius 2 is 1.38 bits per heavy atom. The smallest absolute Gasteiger partial charge is 0.291 e. The number of carbonyl (C=O) groups excluding carboxylic acids is 2. The van der Waals surface area contributed by atoms with Crippen molar-refractivity contribution in [3.63, 3.8) is 0 Å². The topological polar surface area (TPSA) is 49.4 Å². The first-order valence-electron chi connectivity index (χ1n) is 9.35. The van der Waals surface area contributed by atoms with Gasteiger partial charge in [-0.25, -0.2) is 0 Å². The first-order valence-corrected chi connectivity index (χ1v) is 10.2. The average molecular weight is 401 g/mol. The number of rotatable bonds is 6. The van der Waals surface area contributed by atoms with Crippen molar-refractivity contribution in [1.29, 1.82) is 0 Å². The monoisotopic (exact) mass is 400 g/mol. The van der Waals surface area contributed by atoms with E-state index in [1.165, 1.54) is 4.90 Å². The summed E-state index contributed by atoms with van der Waals surface area (Å²) in [7, 11) is 0. The van der Waals surface area contributed by atoms with Crippen molar-refractivity contribution in [2.24, 2.45) is 0 Å². The Morgan fingerprint density at radius 3 is 2.03 bits per heavy atom. The Kier molecular flexibility index (Phi) is 5.77. The number of hydrogen-bond acceptors (Lipinski definition) is 4. The van der Waals surface area contributed by atoms with E-state index in [4.69, 9.17) is 0 Å². The van der Waals surface area contributed by atoms with Gasteiger partial charge in [0.15, 0.2) is 5.37 Å². The van der Waals surface area contributed by atoms with E-state index in [-0.39, 0.29) is 11.1 Å². The van der Waals surface area contributed by atoms with Gasteiger partial charge in [-0.15, -0.1) is 0 Å². The molecule has 2 amide bonds. The average Bonchev–Trinajstić information content (AvgIpc) is 3.02. The van der Waals surface area contributed by atoms with Crippen LogP contribution in [0.4, 0.5) is 10.5 Å². The maximum atomic E-state index is 12.7. The van der Waals surface area contributed by atoms with Crippen LogP contribution in [0.5, 0.6) is 0 Å². The molecule has 1 N–H and O–H groups in total. The predicted octanol–water partition coefficient (Wildman–Crippen LogP) is 5.49. The van der Waals surface area contributed by atoms with Gasteiger partial charge in [-0.05, 0) is 40.6 Å². The fourth-order valence-corrected chi connectivity index (χ4v) is 3.95. The highest BCUT2D eigenvalue weighted by Gasteiger charge is 2.39. The molecule has 1 aliphatic heterocycles. The zero-order valence-electron chi connectivity index (χ0n) is 15.7. The number of hydrogen-bond donors (Lipinski definition) is 1. The molecule has 4 rings (SSSR count). The van der Waals surface area contributed by atoms with E-state index in [2.05, 4.69) is 11.4 Å². The molecular weight excluding hydrogens is 380 g/mol. The maximum Gasteiger partial charge on any atom is 0.291 e. The molecule has 1 aliphatic rings. The molecule has 1 fully saturated rings. The Balaban J connectivity index is 1.38. The number of benzene rings is 3. The van der Waals surface area contributed by atoms with Crippen LogP contribution in [0.2, 0.25) is 0 Å². The molecular formula is C24H20N2O2S. The SMILES string of the molecule is O=C1SC(Nc2ccc(C=Cc3ccccc3)cc2)C(=O)N1Cc1ccccc1. The summed E-state index contributed by atoms with van der Waals surface area (Å²) in [6, 6.07) is 27.4. The molecule has 4 nitrogen and oxygen atoms in total. The summed E-state index contributed by atoms with van der Waals surface area (Å²) >= 11 is 1.02. The van der Waals surface area contributed by atoms with Crippen LogP contribution in [-0.4, -0.2) is 21.4 Å². The van der Waals surface area contributed by atoms with Crippen LogP contribution < -0.4 is 5.32 Å². The highest BCUT2D eigenvalue weighted by molar-refractivity contribution is 8.15. The minimum Gasteiger partial charge on any atom is -0.365 e. The summed E-state index contributed by atoms with van der Waals surface area (Å²) < 4.78 is 0. The fourth-order valence-electron chi connectivity index (χ4n) is 3.04. The molecule has 3 aromatic carbocycles. The molecule has 1 unspecified atom stereocenters. The van der Waals surface area contributed by atoms with Gasteiger partial charge in [0.25, 0.3) is 11.1 Å². The summed E-state index contributed by atoms with van der Waals surface area (Å²) in [6.45, 7) is 0.299. The van der Waals surface area contributed by atoms with Crippen LogP contribution in [0.25, 0.3) is 12.2 Å². The van der Waals surface area contributed by atoms with E-state index in [0.717, 1.165) is 34.1 Å². The third-order valence-electron chi connectivity index (χ3n) is 4.59. The van der Waals surface area contributed by atoms with Crippen molar-refractivity contribution in [2.45, 2.75) is 11.9 Å².